The van der Waals surface area contributed by atoms with Gasteiger partial charge in [0.2, 0.25) is 5.13 Å². The third-order valence-electron chi connectivity index (χ3n) is 3.61. The minimum Gasteiger partial charge on any atom is -0.289 e. The van der Waals surface area contributed by atoms with Crippen molar-refractivity contribution in [2.45, 2.75) is 26.7 Å². The Labute approximate surface area is 149 Å². The number of amides is 1. The molecule has 24 heavy (non-hydrogen) atoms. The number of rotatable bonds is 3. The molecular formula is C17H18N4OS2. The van der Waals surface area contributed by atoms with Gasteiger partial charge in [-0.1, -0.05) is 49.4 Å². The van der Waals surface area contributed by atoms with Gasteiger partial charge in [0.05, 0.1) is 4.91 Å². The second-order valence-electron chi connectivity index (χ2n) is 5.79. The highest BCUT2D eigenvalue weighted by Gasteiger charge is 2.30. The zero-order valence-corrected chi connectivity index (χ0v) is 15.6. The Kier molecular flexibility index (Phi) is 4.82. The summed E-state index contributed by atoms with van der Waals surface area (Å²) >= 11 is 2.77. The van der Waals surface area contributed by atoms with Gasteiger partial charge < -0.3 is 0 Å². The molecule has 124 valence electrons. The molecule has 0 spiro atoms. The highest BCUT2D eigenvalue weighted by atomic mass is 32.2. The summed E-state index contributed by atoms with van der Waals surface area (Å²) in [6, 6.07) is 8.28. The third-order valence-corrected chi connectivity index (χ3v) is 5.40. The lowest BCUT2D eigenvalue weighted by Gasteiger charge is -2.06. The van der Waals surface area contributed by atoms with Gasteiger partial charge >= 0.3 is 0 Å². The van der Waals surface area contributed by atoms with Crippen LogP contribution in [0.4, 0.5) is 5.13 Å². The Hall–Kier alpha value is -1.99. The molecule has 1 saturated heterocycles. The van der Waals surface area contributed by atoms with Crippen molar-refractivity contribution in [3.8, 4) is 0 Å². The quantitative estimate of drug-likeness (QED) is 0.772. The van der Waals surface area contributed by atoms with E-state index in [0.717, 1.165) is 10.6 Å². The first kappa shape index (κ1) is 16.9. The zero-order valence-electron chi connectivity index (χ0n) is 14.0. The van der Waals surface area contributed by atoms with Gasteiger partial charge in [0.15, 0.2) is 5.17 Å². The van der Waals surface area contributed by atoms with E-state index < -0.39 is 0 Å². The van der Waals surface area contributed by atoms with E-state index in [1.807, 2.05) is 25.1 Å². The molecule has 2 aromatic rings. The Morgan fingerprint density at radius 1 is 1.21 bits per heavy atom. The molecule has 7 heteroatoms. The van der Waals surface area contributed by atoms with Crippen molar-refractivity contribution in [3.05, 3.63) is 45.3 Å². The molecule has 0 N–H and O–H groups in total. The number of thioether (sulfide) groups is 1. The summed E-state index contributed by atoms with van der Waals surface area (Å²) < 4.78 is 0. The maximum absolute atomic E-state index is 12.4. The standard InChI is InChI=1S/C17H18N4OS2/c1-10(2)13-7-5-12(6-8-13)9-14-15(22)21(4)17(24-14)18-16-20-19-11(3)23-16/h5-10H,1-4H3/b14-9-,18-17+. The van der Waals surface area contributed by atoms with Crippen molar-refractivity contribution in [2.75, 3.05) is 7.05 Å². The average molecular weight is 358 g/mol. The first-order valence-corrected chi connectivity index (χ1v) is 9.23. The smallest absolute Gasteiger partial charge is 0.266 e. The van der Waals surface area contributed by atoms with Crippen LogP contribution < -0.4 is 0 Å². The van der Waals surface area contributed by atoms with Crippen molar-refractivity contribution in [2.24, 2.45) is 4.99 Å². The number of aromatic nitrogens is 2. The van der Waals surface area contributed by atoms with Crippen LogP contribution in [0.2, 0.25) is 0 Å². The summed E-state index contributed by atoms with van der Waals surface area (Å²) in [5, 5.41) is 9.98. The van der Waals surface area contributed by atoms with E-state index in [0.29, 0.717) is 21.1 Å². The highest BCUT2D eigenvalue weighted by Crippen LogP contribution is 2.33. The van der Waals surface area contributed by atoms with Gasteiger partial charge in [-0.3, -0.25) is 9.69 Å². The molecule has 0 aliphatic carbocycles. The number of benzene rings is 1. The van der Waals surface area contributed by atoms with Gasteiger partial charge in [-0.15, -0.1) is 10.2 Å². The fraction of sp³-hybridized carbons (Fsp3) is 0.294. The number of likely N-dealkylation sites (N-methyl/N-ethyl adjacent to an activating group) is 1. The Balaban J connectivity index is 1.84. The molecule has 1 aromatic carbocycles. The van der Waals surface area contributed by atoms with E-state index in [1.54, 1.807) is 11.9 Å². The predicted octanol–water partition coefficient (Wildman–Crippen LogP) is 4.20. The molecule has 1 amide bonds. The van der Waals surface area contributed by atoms with E-state index in [-0.39, 0.29) is 5.91 Å². The van der Waals surface area contributed by atoms with Crippen molar-refractivity contribution in [1.82, 2.24) is 15.1 Å². The van der Waals surface area contributed by atoms with Gasteiger partial charge in [0, 0.05) is 7.05 Å². The summed E-state index contributed by atoms with van der Waals surface area (Å²) in [6.07, 6.45) is 1.90. The van der Waals surface area contributed by atoms with Crippen LogP contribution in [0.15, 0.2) is 34.2 Å². The van der Waals surface area contributed by atoms with Gasteiger partial charge in [-0.05, 0) is 41.8 Å². The predicted molar refractivity (Wildman–Crippen MR) is 101 cm³/mol. The Bertz CT molecular complexity index is 821. The summed E-state index contributed by atoms with van der Waals surface area (Å²) in [4.78, 5) is 19.1. The number of amidine groups is 1. The lowest BCUT2D eigenvalue weighted by atomic mass is 10.0. The lowest BCUT2D eigenvalue weighted by Crippen LogP contribution is -2.23. The molecule has 1 aliphatic rings. The number of carbonyl (C=O) groups excluding carboxylic acids is 1. The number of aliphatic imine (C=N–C) groups is 1. The maximum atomic E-state index is 12.4. The number of carbonyl (C=O) groups is 1. The number of nitrogens with zero attached hydrogens (tertiary/aromatic N) is 4. The van der Waals surface area contributed by atoms with Crippen LogP contribution >= 0.6 is 23.1 Å². The molecule has 0 radical (unpaired) electrons. The molecular weight excluding hydrogens is 340 g/mol. The first-order valence-electron chi connectivity index (χ1n) is 7.60. The first-order chi connectivity index (χ1) is 11.4. The molecule has 0 unspecified atom stereocenters. The van der Waals surface area contributed by atoms with Gasteiger partial charge in [0.25, 0.3) is 5.91 Å². The van der Waals surface area contributed by atoms with Gasteiger partial charge in [-0.2, -0.15) is 4.99 Å². The third kappa shape index (κ3) is 3.57. The van der Waals surface area contributed by atoms with Crippen molar-refractivity contribution < 1.29 is 4.79 Å². The molecule has 5 nitrogen and oxygen atoms in total. The van der Waals surface area contributed by atoms with Crippen molar-refractivity contribution >= 4 is 45.4 Å². The molecule has 1 fully saturated rings. The van der Waals surface area contributed by atoms with Crippen molar-refractivity contribution in [3.63, 3.8) is 0 Å². The topological polar surface area (TPSA) is 58.5 Å². The van der Waals surface area contributed by atoms with E-state index in [2.05, 4.69) is 41.2 Å². The van der Waals surface area contributed by atoms with Gasteiger partial charge in [0.1, 0.15) is 5.01 Å². The summed E-state index contributed by atoms with van der Waals surface area (Å²) in [6.45, 7) is 6.21. The summed E-state index contributed by atoms with van der Waals surface area (Å²) in [7, 11) is 1.73. The monoisotopic (exact) mass is 358 g/mol. The van der Waals surface area contributed by atoms with Crippen LogP contribution in [0.1, 0.15) is 35.9 Å². The number of hydrogen-bond donors (Lipinski definition) is 0. The normalized spacial score (nSPS) is 18.4. The minimum atomic E-state index is -0.0482. The molecule has 3 rings (SSSR count). The zero-order chi connectivity index (χ0) is 17.3. The molecule has 1 aromatic heterocycles. The largest absolute Gasteiger partial charge is 0.289 e. The fourth-order valence-electron chi connectivity index (χ4n) is 2.19. The summed E-state index contributed by atoms with van der Waals surface area (Å²) in [5.41, 5.74) is 2.30. The van der Waals surface area contributed by atoms with E-state index in [9.17, 15) is 4.79 Å². The molecule has 0 saturated carbocycles. The highest BCUT2D eigenvalue weighted by molar-refractivity contribution is 8.18. The van der Waals surface area contributed by atoms with Crippen LogP contribution in [0, 0.1) is 6.92 Å². The van der Waals surface area contributed by atoms with Crippen LogP contribution in [0.3, 0.4) is 0 Å². The SMILES string of the molecule is Cc1nnc(/N=C2/S/C(=C\c3ccc(C(C)C)cc3)C(=O)N2C)s1. The minimum absolute atomic E-state index is 0.0482. The van der Waals surface area contributed by atoms with Gasteiger partial charge in [-0.25, -0.2) is 0 Å². The van der Waals surface area contributed by atoms with Crippen molar-refractivity contribution in [1.29, 1.82) is 0 Å². The second kappa shape index (κ2) is 6.86. The Morgan fingerprint density at radius 3 is 2.50 bits per heavy atom. The summed E-state index contributed by atoms with van der Waals surface area (Å²) in [5.74, 6) is 0.447. The number of hydrogen-bond acceptors (Lipinski definition) is 6. The van der Waals surface area contributed by atoms with Crippen LogP contribution in [-0.4, -0.2) is 33.2 Å². The number of aryl methyl sites for hydroxylation is 1. The Morgan fingerprint density at radius 2 is 1.92 bits per heavy atom. The van der Waals surface area contributed by atoms with Crippen LogP contribution in [-0.2, 0) is 4.79 Å². The van der Waals surface area contributed by atoms with Crippen LogP contribution in [0.25, 0.3) is 6.08 Å². The molecule has 0 atom stereocenters. The molecule has 2 heterocycles. The lowest BCUT2D eigenvalue weighted by molar-refractivity contribution is -0.121. The molecule has 0 bridgehead atoms. The fourth-order valence-corrected chi connectivity index (χ4v) is 3.78. The van der Waals surface area contributed by atoms with E-state index >= 15 is 0 Å². The maximum Gasteiger partial charge on any atom is 0.266 e. The van der Waals surface area contributed by atoms with Crippen LogP contribution in [0.5, 0.6) is 0 Å². The van der Waals surface area contributed by atoms with E-state index in [4.69, 9.17) is 0 Å². The average Bonchev–Trinajstić information content (AvgIpc) is 3.07. The second-order valence-corrected chi connectivity index (χ2v) is 7.96. The molecule has 1 aliphatic heterocycles. The van der Waals surface area contributed by atoms with E-state index in [1.165, 1.54) is 28.7 Å².